The molecule has 0 fully saturated rings. The predicted octanol–water partition coefficient (Wildman–Crippen LogP) is 1.43. The second kappa shape index (κ2) is 36.1. The molecule has 0 unspecified atom stereocenters. The quantitative estimate of drug-likeness (QED) is 0.199. The van der Waals surface area contributed by atoms with Crippen LogP contribution in [0.3, 0.4) is 0 Å². The van der Waals surface area contributed by atoms with Crippen LogP contribution in [0.2, 0.25) is 0 Å². The van der Waals surface area contributed by atoms with E-state index in [-0.39, 0.29) is 47.2 Å². The van der Waals surface area contributed by atoms with Crippen molar-refractivity contribution in [2.24, 2.45) is 17.2 Å². The summed E-state index contributed by atoms with van der Waals surface area (Å²) < 4.78 is 0. The molecular weight excluding hydrogens is 425 g/mol. The molecule has 0 rings (SSSR count). The van der Waals surface area contributed by atoms with Crippen molar-refractivity contribution in [2.45, 2.75) is 7.43 Å². The van der Waals surface area contributed by atoms with Crippen molar-refractivity contribution in [2.75, 3.05) is 0 Å². The Labute approximate surface area is 136 Å². The maximum absolute atomic E-state index is 6.38. The van der Waals surface area contributed by atoms with Crippen molar-refractivity contribution < 1.29 is 40.9 Å². The van der Waals surface area contributed by atoms with Crippen LogP contribution in [0.25, 0.3) is 0 Å². The Kier molecular flexibility index (Phi) is 86.4. The van der Waals surface area contributed by atoms with Gasteiger partial charge in [0.25, 0.3) is 0 Å². The molecule has 0 atom stereocenters. The van der Waals surface area contributed by atoms with Gasteiger partial charge in [0.2, 0.25) is 26.8 Å². The fraction of sp³-hybridized carbons (Fsp3) is 0.333. The molecule has 12 heteroatoms. The van der Waals surface area contributed by atoms with E-state index in [1.807, 2.05) is 0 Å². The SMILES string of the molecule is C.Cl.N=C(N)S[ClH+].NC(N)=S.[Cl][Cu][Cl].[Cu]. The van der Waals surface area contributed by atoms with Gasteiger partial charge in [-0.2, -0.15) is 0 Å². The average Bonchev–Trinajstić information content (AvgIpc) is 1.88. The van der Waals surface area contributed by atoms with Crippen molar-refractivity contribution in [3.05, 3.63) is 0 Å². The zero-order chi connectivity index (χ0) is 10.6. The number of halogens is 4. The smallest absolute Gasteiger partial charge is 0 e. The van der Waals surface area contributed by atoms with E-state index in [0.717, 1.165) is 24.1 Å². The maximum Gasteiger partial charge on any atom is 0 e. The number of rotatable bonds is 0. The molecule has 0 aromatic heterocycles. The third-order valence-electron chi connectivity index (χ3n) is 0.0898. The van der Waals surface area contributed by atoms with Crippen LogP contribution in [0.1, 0.15) is 7.43 Å². The van der Waals surface area contributed by atoms with Crippen LogP contribution >= 0.6 is 55.8 Å². The van der Waals surface area contributed by atoms with Gasteiger partial charge >= 0.3 is 33.3 Å². The summed E-state index contributed by atoms with van der Waals surface area (Å²) in [4.78, 5) is 0. The van der Waals surface area contributed by atoms with Gasteiger partial charge in [0.05, 0.1) is 0 Å². The molecule has 0 bridgehead atoms. The summed E-state index contributed by atoms with van der Waals surface area (Å²) in [5, 5.41) is 6.37. The minimum Gasteiger partial charge on any atom is 0 e. The average molecular weight is 438 g/mol. The van der Waals surface area contributed by atoms with Gasteiger partial charge in [0.1, 0.15) is 0 Å². The van der Waals surface area contributed by atoms with E-state index in [0.29, 0.717) is 0 Å². The Morgan fingerprint density at radius 3 is 1.40 bits per heavy atom. The van der Waals surface area contributed by atoms with E-state index in [1.54, 1.807) is 0 Å². The second-order valence-electron chi connectivity index (χ2n) is 0.893. The monoisotopic (exact) mass is 435 g/mol. The first-order chi connectivity index (χ1) is 5.42. The van der Waals surface area contributed by atoms with Crippen LogP contribution in [-0.2, 0) is 30.2 Å². The minimum atomic E-state index is -0.0139. The van der Waals surface area contributed by atoms with Gasteiger partial charge in [-0.1, -0.05) is 7.43 Å². The summed E-state index contributed by atoms with van der Waals surface area (Å²) in [6.07, 6.45) is 0. The molecule has 15 heavy (non-hydrogen) atoms. The van der Waals surface area contributed by atoms with E-state index in [4.69, 9.17) is 11.1 Å². The Morgan fingerprint density at radius 2 is 1.40 bits per heavy atom. The maximum atomic E-state index is 6.38. The zero-order valence-corrected chi connectivity index (χ0v) is 12.9. The number of thiocarbonyl (C=S) groups is 1. The molecule has 0 aliphatic heterocycles. The minimum absolute atomic E-state index is 0. The van der Waals surface area contributed by atoms with Crippen molar-refractivity contribution in [1.82, 2.24) is 0 Å². The van der Waals surface area contributed by atoms with Gasteiger partial charge in [-0.25, -0.2) is 0 Å². The summed E-state index contributed by atoms with van der Waals surface area (Å²) in [5.74, 6) is 0. The summed E-state index contributed by atoms with van der Waals surface area (Å²) in [6, 6.07) is 0. The summed E-state index contributed by atoms with van der Waals surface area (Å²) in [7, 11) is 14.4. The van der Waals surface area contributed by atoms with E-state index in [1.165, 1.54) is 0 Å². The molecule has 106 valence electrons. The van der Waals surface area contributed by atoms with Gasteiger partial charge in [-0.05, 0) is 12.2 Å². The van der Waals surface area contributed by atoms with E-state index >= 15 is 0 Å². The Bertz CT molecular complexity index is 128. The molecule has 0 spiro atoms. The Balaban J connectivity index is -0.0000000189. The van der Waals surface area contributed by atoms with Crippen molar-refractivity contribution in [1.29, 1.82) is 5.41 Å². The molecule has 7 N–H and O–H groups in total. The van der Waals surface area contributed by atoms with E-state index in [9.17, 15) is 0 Å². The predicted molar refractivity (Wildman–Crippen MR) is 67.6 cm³/mol. The van der Waals surface area contributed by atoms with Gasteiger partial charge in [-0.3, -0.25) is 5.41 Å². The molecular formula is C3H13Cl4Cu2N4S2+. The summed E-state index contributed by atoms with van der Waals surface area (Å²) in [5.41, 5.74) is 14.0. The molecule has 0 saturated carbocycles. The molecule has 4 nitrogen and oxygen atoms in total. The first-order valence-corrected chi connectivity index (χ1v) is 6.66. The number of hydrogen-bond acceptors (Lipinski definition) is 3. The number of nitrogens with one attached hydrogen (secondary N) is 1. The normalized spacial score (nSPS) is 5.53. The number of amidine groups is 1. The number of hydrogen-bond donors (Lipinski definition) is 4. The standard InChI is InChI=1S/CH4ClN2S.CH4N2S.CH4.3ClH.2Cu/c2-5-1(3)4;2-1(3)4;;;;;;/h2H,(H3,3,4);(H4,2,3,4);1H4;3*1H;;/q+1;;;;;;;+2/p-2. The molecule has 0 aromatic rings. The molecule has 0 saturated heterocycles. The third-order valence-corrected chi connectivity index (χ3v) is 0.808. The Hall–Kier alpha value is 1.71. The van der Waals surface area contributed by atoms with E-state index < -0.39 is 0 Å². The summed E-state index contributed by atoms with van der Waals surface area (Å²) >= 11 is 4.85. The van der Waals surface area contributed by atoms with Crippen LogP contribution in [0.15, 0.2) is 0 Å². The van der Waals surface area contributed by atoms with Crippen LogP contribution in [0.4, 0.5) is 0 Å². The van der Waals surface area contributed by atoms with Crippen LogP contribution < -0.4 is 17.2 Å². The van der Waals surface area contributed by atoms with Gasteiger partial charge in [-0.15, -0.1) is 12.4 Å². The molecule has 0 aromatic carbocycles. The van der Waals surface area contributed by atoms with Crippen LogP contribution in [-0.4, -0.2) is 10.3 Å². The first-order valence-electron chi connectivity index (χ1n) is 1.92. The first kappa shape index (κ1) is 36.0. The van der Waals surface area contributed by atoms with Gasteiger partial charge in [0.15, 0.2) is 5.11 Å². The van der Waals surface area contributed by atoms with Gasteiger partial charge in [0, 0.05) is 17.1 Å². The topological polar surface area (TPSA) is 102 Å². The Morgan fingerprint density at radius 1 is 1.33 bits per heavy atom. The van der Waals surface area contributed by atoms with E-state index in [2.05, 4.69) is 54.6 Å². The third kappa shape index (κ3) is 215. The van der Waals surface area contributed by atoms with Gasteiger partial charge < -0.3 is 17.2 Å². The van der Waals surface area contributed by atoms with Crippen molar-refractivity contribution in [3.8, 4) is 0 Å². The largest absolute Gasteiger partial charge is 0 e. The molecule has 1 radical (unpaired) electrons. The van der Waals surface area contributed by atoms with Crippen molar-refractivity contribution in [3.63, 3.8) is 0 Å². The summed E-state index contributed by atoms with van der Waals surface area (Å²) in [6.45, 7) is 0. The molecule has 0 amide bonds. The van der Waals surface area contributed by atoms with Crippen molar-refractivity contribution >= 4 is 66.1 Å². The number of nitrogens with two attached hydrogens (primary N) is 3. The fourth-order valence-electron chi connectivity index (χ4n) is 0. The second-order valence-corrected chi connectivity index (χ2v) is 4.03. The molecule has 0 heterocycles. The zero-order valence-electron chi connectivity index (χ0n) is 6.22. The van der Waals surface area contributed by atoms with Crippen LogP contribution in [0, 0.1) is 16.1 Å². The van der Waals surface area contributed by atoms with Crippen LogP contribution in [0.5, 0.6) is 0 Å². The fourth-order valence-corrected chi connectivity index (χ4v) is 0. The molecule has 0 aliphatic rings. The molecule has 0 aliphatic carbocycles.